The van der Waals surface area contributed by atoms with E-state index in [1.807, 2.05) is 19.9 Å². The molecule has 3 rings (SSSR count). The summed E-state index contributed by atoms with van der Waals surface area (Å²) < 4.78 is 1.79. The lowest BCUT2D eigenvalue weighted by molar-refractivity contribution is -0.125. The molecule has 1 aromatic rings. The Bertz CT molecular complexity index is 496. The molecular weight excluding hydrogens is 250 g/mol. The average Bonchev–Trinajstić information content (AvgIpc) is 3.13. The van der Waals surface area contributed by atoms with Crippen LogP contribution in [-0.2, 0) is 4.79 Å². The summed E-state index contributed by atoms with van der Waals surface area (Å²) in [7, 11) is 0. The Morgan fingerprint density at radius 1 is 1.40 bits per heavy atom. The summed E-state index contributed by atoms with van der Waals surface area (Å²) in [4.78, 5) is 12.4. The van der Waals surface area contributed by atoms with E-state index in [1.54, 1.807) is 10.9 Å². The van der Waals surface area contributed by atoms with Gasteiger partial charge < -0.3 is 5.32 Å². The van der Waals surface area contributed by atoms with Crippen molar-refractivity contribution in [1.82, 2.24) is 15.1 Å². The number of hydrogen-bond acceptors (Lipinski definition) is 2. The number of carbonyl (C=O) groups excluding carboxylic acids is 1. The van der Waals surface area contributed by atoms with Gasteiger partial charge in [0.15, 0.2) is 0 Å². The molecule has 5 atom stereocenters. The molecule has 0 spiro atoms. The van der Waals surface area contributed by atoms with Gasteiger partial charge >= 0.3 is 0 Å². The summed E-state index contributed by atoms with van der Waals surface area (Å²) in [6.45, 7) is 6.07. The highest BCUT2D eigenvalue weighted by Crippen LogP contribution is 2.49. The highest BCUT2D eigenvalue weighted by Gasteiger charge is 2.42. The van der Waals surface area contributed by atoms with Gasteiger partial charge in [-0.3, -0.25) is 9.48 Å². The van der Waals surface area contributed by atoms with E-state index < -0.39 is 0 Å². The summed E-state index contributed by atoms with van der Waals surface area (Å²) >= 11 is 0. The highest BCUT2D eigenvalue weighted by molar-refractivity contribution is 5.80. The zero-order valence-electron chi connectivity index (χ0n) is 12.7. The molecule has 0 aromatic carbocycles. The molecule has 2 aliphatic rings. The zero-order chi connectivity index (χ0) is 14.3. The summed E-state index contributed by atoms with van der Waals surface area (Å²) in [6.07, 6.45) is 7.21. The molecule has 1 aromatic heterocycles. The Labute approximate surface area is 120 Å². The summed E-state index contributed by atoms with van der Waals surface area (Å²) in [6, 6.07) is 1.99. The minimum Gasteiger partial charge on any atom is -0.352 e. The van der Waals surface area contributed by atoms with Crippen molar-refractivity contribution in [2.75, 3.05) is 0 Å². The average molecular weight is 275 g/mol. The molecule has 4 heteroatoms. The van der Waals surface area contributed by atoms with Crippen LogP contribution < -0.4 is 5.32 Å². The van der Waals surface area contributed by atoms with Crippen LogP contribution in [0.4, 0.5) is 0 Å². The van der Waals surface area contributed by atoms with Gasteiger partial charge in [0.25, 0.3) is 0 Å². The van der Waals surface area contributed by atoms with Crippen molar-refractivity contribution in [1.29, 1.82) is 0 Å². The number of carbonyl (C=O) groups is 1. The first-order valence-electron chi connectivity index (χ1n) is 7.86. The van der Waals surface area contributed by atoms with Gasteiger partial charge in [-0.15, -0.1) is 0 Å². The highest BCUT2D eigenvalue weighted by atomic mass is 16.2. The number of fused-ring (bicyclic) bond motifs is 2. The Morgan fingerprint density at radius 2 is 2.20 bits per heavy atom. The number of hydrogen-bond donors (Lipinski definition) is 1. The Balaban J connectivity index is 1.60. The molecule has 20 heavy (non-hydrogen) atoms. The van der Waals surface area contributed by atoms with Gasteiger partial charge in [0.2, 0.25) is 5.91 Å². The Morgan fingerprint density at radius 3 is 2.75 bits per heavy atom. The van der Waals surface area contributed by atoms with E-state index in [1.165, 1.54) is 25.7 Å². The van der Waals surface area contributed by atoms with E-state index in [0.29, 0.717) is 5.92 Å². The van der Waals surface area contributed by atoms with Gasteiger partial charge in [-0.1, -0.05) is 6.42 Å². The van der Waals surface area contributed by atoms with E-state index in [2.05, 4.69) is 17.3 Å². The third-order valence-electron chi connectivity index (χ3n) is 5.42. The third-order valence-corrected chi connectivity index (χ3v) is 5.42. The molecule has 4 nitrogen and oxygen atoms in total. The molecular formula is C16H25N3O. The second-order valence-electron chi connectivity index (χ2n) is 6.73. The van der Waals surface area contributed by atoms with Crippen LogP contribution >= 0.6 is 0 Å². The number of nitrogens with one attached hydrogen (secondary N) is 1. The molecule has 0 aliphatic heterocycles. The van der Waals surface area contributed by atoms with Crippen molar-refractivity contribution in [3.8, 4) is 0 Å². The normalized spacial score (nSPS) is 31.2. The van der Waals surface area contributed by atoms with Crippen molar-refractivity contribution < 1.29 is 4.79 Å². The van der Waals surface area contributed by atoms with Crippen molar-refractivity contribution >= 4 is 5.91 Å². The molecule has 2 saturated carbocycles. The van der Waals surface area contributed by atoms with Crippen LogP contribution in [0.1, 0.15) is 51.3 Å². The number of nitrogens with zero attached hydrogens (tertiary/aromatic N) is 2. The number of amides is 1. The van der Waals surface area contributed by atoms with Crippen LogP contribution in [0.5, 0.6) is 0 Å². The first-order chi connectivity index (χ1) is 9.56. The second-order valence-corrected chi connectivity index (χ2v) is 6.73. The molecule has 1 heterocycles. The van der Waals surface area contributed by atoms with Crippen LogP contribution in [0.15, 0.2) is 12.3 Å². The van der Waals surface area contributed by atoms with Crippen molar-refractivity contribution in [3.63, 3.8) is 0 Å². The molecule has 2 bridgehead atoms. The Kier molecular flexibility index (Phi) is 3.57. The summed E-state index contributed by atoms with van der Waals surface area (Å²) in [5.74, 6) is 2.54. The van der Waals surface area contributed by atoms with Crippen LogP contribution in [-0.4, -0.2) is 21.7 Å². The van der Waals surface area contributed by atoms with Crippen LogP contribution in [0, 0.1) is 24.7 Å². The van der Waals surface area contributed by atoms with Gasteiger partial charge in [-0.05, 0) is 63.9 Å². The van der Waals surface area contributed by atoms with E-state index in [4.69, 9.17) is 0 Å². The minimum absolute atomic E-state index is 0.0899. The lowest BCUT2D eigenvalue weighted by Gasteiger charge is -2.29. The molecule has 0 unspecified atom stereocenters. The SMILES string of the molecule is Cc1ccnn1[C@@H](C)C(=O)N[C@H](C)[C@@H]1C[C@@H]2CC[C@@H]1C2. The van der Waals surface area contributed by atoms with E-state index in [0.717, 1.165) is 17.5 Å². The minimum atomic E-state index is -0.231. The fourth-order valence-electron chi connectivity index (χ4n) is 4.26. The summed E-state index contributed by atoms with van der Waals surface area (Å²) in [5, 5.41) is 7.46. The van der Waals surface area contributed by atoms with Gasteiger partial charge in [0.05, 0.1) is 0 Å². The molecule has 110 valence electrons. The number of aryl methyl sites for hydroxylation is 1. The van der Waals surface area contributed by atoms with E-state index in [9.17, 15) is 4.79 Å². The fraction of sp³-hybridized carbons (Fsp3) is 0.750. The lowest BCUT2D eigenvalue weighted by Crippen LogP contribution is -2.43. The smallest absolute Gasteiger partial charge is 0.244 e. The molecule has 2 fully saturated rings. The van der Waals surface area contributed by atoms with E-state index in [-0.39, 0.29) is 18.0 Å². The fourth-order valence-corrected chi connectivity index (χ4v) is 4.26. The van der Waals surface area contributed by atoms with Crippen LogP contribution in [0.25, 0.3) is 0 Å². The van der Waals surface area contributed by atoms with E-state index >= 15 is 0 Å². The molecule has 0 saturated heterocycles. The lowest BCUT2D eigenvalue weighted by atomic mass is 9.84. The maximum Gasteiger partial charge on any atom is 0.244 e. The van der Waals surface area contributed by atoms with Crippen LogP contribution in [0.3, 0.4) is 0 Å². The van der Waals surface area contributed by atoms with Crippen molar-refractivity contribution in [3.05, 3.63) is 18.0 Å². The maximum atomic E-state index is 12.4. The second kappa shape index (κ2) is 5.23. The van der Waals surface area contributed by atoms with Crippen LogP contribution in [0.2, 0.25) is 0 Å². The monoisotopic (exact) mass is 275 g/mol. The standard InChI is InChI=1S/C16H25N3O/c1-10-6-7-17-19(10)12(3)16(20)18-11(2)15-9-13-4-5-14(15)8-13/h6-7,11-15H,4-5,8-9H2,1-3H3,(H,18,20)/t11-,12+,13-,14-,15+/m1/s1. The topological polar surface area (TPSA) is 46.9 Å². The number of rotatable bonds is 4. The molecule has 0 radical (unpaired) electrons. The van der Waals surface area contributed by atoms with Gasteiger partial charge in [0.1, 0.15) is 6.04 Å². The predicted molar refractivity (Wildman–Crippen MR) is 78.2 cm³/mol. The predicted octanol–water partition coefficient (Wildman–Crippen LogP) is 2.69. The maximum absolute atomic E-state index is 12.4. The van der Waals surface area contributed by atoms with Crippen molar-refractivity contribution in [2.45, 2.75) is 58.5 Å². The van der Waals surface area contributed by atoms with Gasteiger partial charge in [-0.2, -0.15) is 5.10 Å². The zero-order valence-corrected chi connectivity index (χ0v) is 12.7. The molecule has 1 amide bonds. The van der Waals surface area contributed by atoms with Gasteiger partial charge in [-0.25, -0.2) is 0 Å². The largest absolute Gasteiger partial charge is 0.352 e. The van der Waals surface area contributed by atoms with Gasteiger partial charge in [0, 0.05) is 17.9 Å². The third kappa shape index (κ3) is 2.36. The summed E-state index contributed by atoms with van der Waals surface area (Å²) in [5.41, 5.74) is 1.03. The van der Waals surface area contributed by atoms with Crippen molar-refractivity contribution in [2.24, 2.45) is 17.8 Å². The first-order valence-corrected chi connectivity index (χ1v) is 7.86. The Hall–Kier alpha value is -1.32. The quantitative estimate of drug-likeness (QED) is 0.918. The number of aromatic nitrogens is 2. The first kappa shape index (κ1) is 13.7. The molecule has 1 N–H and O–H groups in total. The molecule has 2 aliphatic carbocycles.